The Morgan fingerprint density at radius 1 is 1.31 bits per heavy atom. The summed E-state index contributed by atoms with van der Waals surface area (Å²) in [5.74, 6) is 0.469. The molecule has 0 atom stereocenters. The molecule has 29 heavy (non-hydrogen) atoms. The van der Waals surface area contributed by atoms with Crippen molar-refractivity contribution in [1.82, 2.24) is 20.0 Å². The number of halogens is 1. The van der Waals surface area contributed by atoms with E-state index in [0.29, 0.717) is 29.5 Å². The van der Waals surface area contributed by atoms with Crippen LogP contribution in [0.2, 0.25) is 5.02 Å². The molecule has 0 aliphatic carbocycles. The van der Waals surface area contributed by atoms with E-state index in [9.17, 15) is 4.79 Å². The minimum atomic E-state index is -0.168. The largest absolute Gasteiger partial charge is 0.489 e. The van der Waals surface area contributed by atoms with E-state index in [0.717, 1.165) is 45.4 Å². The number of carbonyl (C=O) groups excluding carboxylic acids is 1. The van der Waals surface area contributed by atoms with Crippen LogP contribution in [0.15, 0.2) is 36.7 Å². The molecular weight excluding hydrogens is 392 g/mol. The first-order valence-corrected chi connectivity index (χ1v) is 10.5. The van der Waals surface area contributed by atoms with Gasteiger partial charge in [0.25, 0.3) is 5.91 Å². The van der Waals surface area contributed by atoms with E-state index in [4.69, 9.17) is 21.1 Å². The summed E-state index contributed by atoms with van der Waals surface area (Å²) in [6.07, 6.45) is 6.99. The molecule has 2 heterocycles. The molecule has 0 radical (unpaired) electrons. The summed E-state index contributed by atoms with van der Waals surface area (Å²) < 4.78 is 13.0. The van der Waals surface area contributed by atoms with Crippen LogP contribution in [0.3, 0.4) is 0 Å². The third-order valence-corrected chi connectivity index (χ3v) is 5.33. The molecule has 1 aliphatic heterocycles. The summed E-state index contributed by atoms with van der Waals surface area (Å²) in [6.45, 7) is 4.99. The molecule has 1 saturated heterocycles. The number of ether oxygens (including phenoxy) is 2. The van der Waals surface area contributed by atoms with Crippen molar-refractivity contribution in [1.29, 1.82) is 0 Å². The first-order chi connectivity index (χ1) is 14.2. The van der Waals surface area contributed by atoms with Crippen LogP contribution in [0.25, 0.3) is 0 Å². The first kappa shape index (κ1) is 21.6. The Morgan fingerprint density at radius 2 is 2.14 bits per heavy atom. The van der Waals surface area contributed by atoms with Crippen molar-refractivity contribution < 1.29 is 14.3 Å². The number of aromatic nitrogens is 2. The van der Waals surface area contributed by atoms with Gasteiger partial charge in [-0.05, 0) is 50.1 Å². The Hall–Kier alpha value is -2.09. The van der Waals surface area contributed by atoms with Gasteiger partial charge in [-0.2, -0.15) is 5.10 Å². The first-order valence-electron chi connectivity index (χ1n) is 10.1. The van der Waals surface area contributed by atoms with Gasteiger partial charge >= 0.3 is 0 Å². The van der Waals surface area contributed by atoms with Gasteiger partial charge in [0.05, 0.1) is 11.6 Å². The number of amides is 1. The Labute approximate surface area is 176 Å². The summed E-state index contributed by atoms with van der Waals surface area (Å²) in [6, 6.07) is 7.13. The maximum Gasteiger partial charge on any atom is 0.251 e. The van der Waals surface area contributed by atoms with Gasteiger partial charge in [-0.1, -0.05) is 11.6 Å². The number of benzene rings is 1. The van der Waals surface area contributed by atoms with E-state index < -0.39 is 0 Å². The number of nitrogens with one attached hydrogen (secondary N) is 1. The van der Waals surface area contributed by atoms with Crippen LogP contribution in [-0.2, 0) is 11.3 Å². The minimum Gasteiger partial charge on any atom is -0.489 e. The predicted molar refractivity (Wildman–Crippen MR) is 113 cm³/mol. The van der Waals surface area contributed by atoms with Gasteiger partial charge in [0, 0.05) is 51.2 Å². The number of likely N-dealkylation sites (tertiary alicyclic amines) is 1. The van der Waals surface area contributed by atoms with E-state index in [-0.39, 0.29) is 12.0 Å². The SMILES string of the molecule is COCCNC(=O)c1ccc(OC2CCN(CCCn3cccn3)CC2)c(Cl)c1. The van der Waals surface area contributed by atoms with Gasteiger partial charge in [0.15, 0.2) is 0 Å². The lowest BCUT2D eigenvalue weighted by molar-refractivity contribution is 0.0936. The highest BCUT2D eigenvalue weighted by atomic mass is 35.5. The molecule has 0 saturated carbocycles. The molecule has 1 amide bonds. The van der Waals surface area contributed by atoms with Gasteiger partial charge in [-0.15, -0.1) is 0 Å². The highest BCUT2D eigenvalue weighted by Crippen LogP contribution is 2.28. The van der Waals surface area contributed by atoms with Gasteiger partial charge in [0.1, 0.15) is 11.9 Å². The number of carbonyl (C=O) groups is 1. The monoisotopic (exact) mass is 420 g/mol. The summed E-state index contributed by atoms with van der Waals surface area (Å²) in [5.41, 5.74) is 0.519. The van der Waals surface area contributed by atoms with Gasteiger partial charge < -0.3 is 19.7 Å². The van der Waals surface area contributed by atoms with Crippen LogP contribution in [0.5, 0.6) is 5.75 Å². The number of hydrogen-bond acceptors (Lipinski definition) is 5. The molecule has 2 aromatic rings. The highest BCUT2D eigenvalue weighted by molar-refractivity contribution is 6.32. The van der Waals surface area contributed by atoms with Crippen LogP contribution >= 0.6 is 11.6 Å². The zero-order valence-electron chi connectivity index (χ0n) is 16.8. The average Bonchev–Trinajstić information content (AvgIpc) is 3.24. The molecule has 0 spiro atoms. The lowest BCUT2D eigenvalue weighted by Crippen LogP contribution is -2.39. The maximum absolute atomic E-state index is 12.1. The van der Waals surface area contributed by atoms with E-state index in [1.54, 1.807) is 25.3 Å². The number of aryl methyl sites for hydroxylation is 1. The molecule has 1 aromatic heterocycles. The molecule has 1 fully saturated rings. The number of hydrogen-bond donors (Lipinski definition) is 1. The lowest BCUT2D eigenvalue weighted by Gasteiger charge is -2.32. The van der Waals surface area contributed by atoms with Gasteiger partial charge in [-0.25, -0.2) is 0 Å². The Kier molecular flexibility index (Phi) is 8.34. The number of piperidine rings is 1. The molecule has 7 nitrogen and oxygen atoms in total. The quantitative estimate of drug-likeness (QED) is 0.598. The van der Waals surface area contributed by atoms with Crippen molar-refractivity contribution in [2.24, 2.45) is 0 Å². The van der Waals surface area contributed by atoms with Crippen molar-refractivity contribution in [3.63, 3.8) is 0 Å². The van der Waals surface area contributed by atoms with Crippen molar-refractivity contribution in [3.8, 4) is 5.75 Å². The third-order valence-electron chi connectivity index (χ3n) is 5.03. The van der Waals surface area contributed by atoms with Crippen LogP contribution < -0.4 is 10.1 Å². The van der Waals surface area contributed by atoms with Crippen LogP contribution in [0, 0.1) is 0 Å². The minimum absolute atomic E-state index is 0.149. The van der Waals surface area contributed by atoms with Gasteiger partial charge in [-0.3, -0.25) is 9.48 Å². The van der Waals surface area contributed by atoms with Crippen molar-refractivity contribution >= 4 is 17.5 Å². The van der Waals surface area contributed by atoms with E-state index in [2.05, 4.69) is 15.3 Å². The maximum atomic E-state index is 12.1. The third kappa shape index (κ3) is 6.73. The molecule has 0 bridgehead atoms. The second-order valence-electron chi connectivity index (χ2n) is 7.18. The lowest BCUT2D eigenvalue weighted by atomic mass is 10.1. The summed E-state index contributed by atoms with van der Waals surface area (Å²) in [5, 5.41) is 7.48. The van der Waals surface area contributed by atoms with Crippen molar-refractivity contribution in [2.45, 2.75) is 31.9 Å². The molecule has 8 heteroatoms. The van der Waals surface area contributed by atoms with Crippen LogP contribution in [-0.4, -0.2) is 66.6 Å². The van der Waals surface area contributed by atoms with Crippen LogP contribution in [0.1, 0.15) is 29.6 Å². The Balaban J connectivity index is 1.41. The summed E-state index contributed by atoms with van der Waals surface area (Å²) >= 11 is 6.35. The molecular formula is C21H29ClN4O3. The molecule has 158 valence electrons. The zero-order chi connectivity index (χ0) is 20.5. The van der Waals surface area contributed by atoms with E-state index in [1.807, 2.05) is 23.1 Å². The average molecular weight is 421 g/mol. The van der Waals surface area contributed by atoms with Crippen LogP contribution in [0.4, 0.5) is 0 Å². The normalized spacial score (nSPS) is 15.4. The molecule has 1 aliphatic rings. The topological polar surface area (TPSA) is 68.6 Å². The molecule has 0 unspecified atom stereocenters. The Bertz CT molecular complexity index is 761. The van der Waals surface area contributed by atoms with E-state index >= 15 is 0 Å². The fourth-order valence-corrected chi connectivity index (χ4v) is 3.65. The zero-order valence-corrected chi connectivity index (χ0v) is 17.6. The standard InChI is InChI=1S/C21H29ClN4O3/c1-28-15-9-23-21(27)17-4-5-20(19(22)16-17)29-18-6-13-25(14-7-18)10-3-12-26-11-2-8-24-26/h2,4-5,8,11,16,18H,3,6-7,9-10,12-15H2,1H3,(H,23,27). The number of methoxy groups -OCH3 is 1. The predicted octanol–water partition coefficient (Wildman–Crippen LogP) is 2.85. The fourth-order valence-electron chi connectivity index (χ4n) is 3.43. The number of nitrogens with zero attached hydrogens (tertiary/aromatic N) is 3. The van der Waals surface area contributed by atoms with Crippen molar-refractivity contribution in [3.05, 3.63) is 47.2 Å². The highest BCUT2D eigenvalue weighted by Gasteiger charge is 2.21. The second-order valence-corrected chi connectivity index (χ2v) is 7.58. The summed E-state index contributed by atoms with van der Waals surface area (Å²) in [7, 11) is 1.60. The van der Waals surface area contributed by atoms with E-state index in [1.165, 1.54) is 0 Å². The second kappa shape index (κ2) is 11.2. The van der Waals surface area contributed by atoms with Gasteiger partial charge in [0.2, 0.25) is 0 Å². The van der Waals surface area contributed by atoms with Crippen molar-refractivity contribution in [2.75, 3.05) is 39.9 Å². The fraction of sp³-hybridized carbons (Fsp3) is 0.524. The smallest absolute Gasteiger partial charge is 0.251 e. The number of rotatable bonds is 10. The molecule has 1 N–H and O–H groups in total. The molecule has 3 rings (SSSR count). The molecule has 1 aromatic carbocycles. The summed E-state index contributed by atoms with van der Waals surface area (Å²) in [4.78, 5) is 14.6. The Morgan fingerprint density at radius 3 is 2.83 bits per heavy atom.